The van der Waals surface area contributed by atoms with Gasteiger partial charge in [0.2, 0.25) is 15.9 Å². The summed E-state index contributed by atoms with van der Waals surface area (Å²) in [4.78, 5) is 12.4. The van der Waals surface area contributed by atoms with Crippen LogP contribution in [0, 0.1) is 13.8 Å². The first kappa shape index (κ1) is 18.2. The van der Waals surface area contributed by atoms with Gasteiger partial charge in [-0.15, -0.1) is 0 Å². The Balaban J connectivity index is 1.79. The zero-order chi connectivity index (χ0) is 18.9. The van der Waals surface area contributed by atoms with Gasteiger partial charge in [0.15, 0.2) is 11.5 Å². The quantitative estimate of drug-likeness (QED) is 0.847. The first-order chi connectivity index (χ1) is 12.2. The first-order valence-electron chi connectivity index (χ1n) is 8.06. The van der Waals surface area contributed by atoms with Gasteiger partial charge in [0.25, 0.3) is 0 Å². The van der Waals surface area contributed by atoms with Gasteiger partial charge in [-0.05, 0) is 54.8 Å². The highest BCUT2D eigenvalue weighted by molar-refractivity contribution is 7.89. The smallest absolute Gasteiger partial charge is 0.238 e. The Morgan fingerprint density at radius 3 is 2.50 bits per heavy atom. The van der Waals surface area contributed by atoms with Crippen LogP contribution in [0.5, 0.6) is 11.5 Å². The monoisotopic (exact) mass is 376 g/mol. The van der Waals surface area contributed by atoms with Crippen molar-refractivity contribution in [2.24, 2.45) is 5.14 Å². The summed E-state index contributed by atoms with van der Waals surface area (Å²) >= 11 is 0. The lowest BCUT2D eigenvalue weighted by Gasteiger charge is -2.19. The van der Waals surface area contributed by atoms with Crippen molar-refractivity contribution in [2.45, 2.75) is 25.2 Å². The van der Waals surface area contributed by atoms with E-state index < -0.39 is 10.0 Å². The maximum absolute atomic E-state index is 12.4. The topological polar surface area (TPSA) is 108 Å². The van der Waals surface area contributed by atoms with E-state index in [9.17, 15) is 13.2 Å². The van der Waals surface area contributed by atoms with Crippen LogP contribution >= 0.6 is 0 Å². The molecule has 138 valence electrons. The number of anilines is 1. The van der Waals surface area contributed by atoms with Gasteiger partial charge >= 0.3 is 0 Å². The number of primary sulfonamides is 1. The van der Waals surface area contributed by atoms with Crippen LogP contribution in [0.2, 0.25) is 0 Å². The van der Waals surface area contributed by atoms with Crippen LogP contribution in [0.1, 0.15) is 16.7 Å². The van der Waals surface area contributed by atoms with E-state index in [0.29, 0.717) is 30.4 Å². The van der Waals surface area contributed by atoms with Crippen molar-refractivity contribution < 1.29 is 22.7 Å². The van der Waals surface area contributed by atoms with Gasteiger partial charge in [-0.2, -0.15) is 0 Å². The van der Waals surface area contributed by atoms with Crippen LogP contribution in [0.15, 0.2) is 35.2 Å². The highest BCUT2D eigenvalue weighted by Gasteiger charge is 2.16. The second-order valence-electron chi connectivity index (χ2n) is 6.16. The Bertz CT molecular complexity index is 970. The normalized spacial score (nSPS) is 13.3. The molecule has 0 radical (unpaired) electrons. The molecule has 0 bridgehead atoms. The molecule has 8 heteroatoms. The standard InChI is InChI=1S/C18H20N2O5S/c1-11-7-14(26(19,22)23)10-15(12(11)2)20-18(21)9-13-3-4-16-17(8-13)25-6-5-24-16/h3-4,7-8,10H,5-6,9H2,1-2H3,(H,20,21)(H2,19,22,23). The van der Waals surface area contributed by atoms with Crippen LogP contribution in [-0.4, -0.2) is 27.5 Å². The highest BCUT2D eigenvalue weighted by atomic mass is 32.2. The highest BCUT2D eigenvalue weighted by Crippen LogP contribution is 2.31. The van der Waals surface area contributed by atoms with Crippen molar-refractivity contribution in [2.75, 3.05) is 18.5 Å². The minimum absolute atomic E-state index is 0.0322. The number of hydrogen-bond donors (Lipinski definition) is 2. The molecular weight excluding hydrogens is 356 g/mol. The summed E-state index contributed by atoms with van der Waals surface area (Å²) in [7, 11) is -3.85. The minimum Gasteiger partial charge on any atom is -0.486 e. The second-order valence-corrected chi connectivity index (χ2v) is 7.72. The number of hydrogen-bond acceptors (Lipinski definition) is 5. The lowest BCUT2D eigenvalue weighted by Crippen LogP contribution is -2.18. The fourth-order valence-electron chi connectivity index (χ4n) is 2.70. The third kappa shape index (κ3) is 3.97. The molecule has 0 saturated heterocycles. The largest absolute Gasteiger partial charge is 0.486 e. The fraction of sp³-hybridized carbons (Fsp3) is 0.278. The molecule has 1 aliphatic heterocycles. The summed E-state index contributed by atoms with van der Waals surface area (Å²) in [5, 5.41) is 7.96. The summed E-state index contributed by atoms with van der Waals surface area (Å²) in [6, 6.07) is 8.20. The minimum atomic E-state index is -3.85. The molecule has 3 rings (SSSR count). The molecule has 1 heterocycles. The number of sulfonamides is 1. The Kier molecular flexibility index (Phi) is 4.88. The van der Waals surface area contributed by atoms with E-state index in [4.69, 9.17) is 14.6 Å². The Morgan fingerprint density at radius 1 is 1.12 bits per heavy atom. The molecule has 0 saturated carbocycles. The van der Waals surface area contributed by atoms with Crippen molar-refractivity contribution in [3.63, 3.8) is 0 Å². The van der Waals surface area contributed by atoms with E-state index in [1.54, 1.807) is 25.1 Å². The zero-order valence-electron chi connectivity index (χ0n) is 14.5. The van der Waals surface area contributed by atoms with Crippen molar-refractivity contribution in [1.82, 2.24) is 0 Å². The summed E-state index contributed by atoms with van der Waals surface area (Å²) < 4.78 is 34.2. The Morgan fingerprint density at radius 2 is 1.81 bits per heavy atom. The molecular formula is C18H20N2O5S. The molecule has 7 nitrogen and oxygen atoms in total. The summed E-state index contributed by atoms with van der Waals surface area (Å²) in [5.41, 5.74) is 2.71. The van der Waals surface area contributed by atoms with Crippen LogP contribution in [0.3, 0.4) is 0 Å². The average molecular weight is 376 g/mol. The molecule has 0 aliphatic carbocycles. The van der Waals surface area contributed by atoms with Gasteiger partial charge < -0.3 is 14.8 Å². The molecule has 0 atom stereocenters. The van der Waals surface area contributed by atoms with Crippen molar-refractivity contribution >= 4 is 21.6 Å². The van der Waals surface area contributed by atoms with Gasteiger partial charge in [-0.3, -0.25) is 4.79 Å². The van der Waals surface area contributed by atoms with Gasteiger partial charge in [-0.25, -0.2) is 13.6 Å². The summed E-state index contributed by atoms with van der Waals surface area (Å²) in [6.45, 7) is 4.55. The number of aryl methyl sites for hydroxylation is 1. The number of nitrogens with two attached hydrogens (primary N) is 1. The van der Waals surface area contributed by atoms with Gasteiger partial charge in [0, 0.05) is 5.69 Å². The molecule has 0 fully saturated rings. The Hall–Kier alpha value is -2.58. The number of fused-ring (bicyclic) bond motifs is 1. The van der Waals surface area contributed by atoms with Crippen LogP contribution in [-0.2, 0) is 21.2 Å². The molecule has 1 amide bonds. The SMILES string of the molecule is Cc1cc(S(N)(=O)=O)cc(NC(=O)Cc2ccc3c(c2)OCCO3)c1C. The zero-order valence-corrected chi connectivity index (χ0v) is 15.4. The fourth-order valence-corrected chi connectivity index (χ4v) is 3.32. The average Bonchev–Trinajstić information content (AvgIpc) is 2.57. The number of carbonyl (C=O) groups excluding carboxylic acids is 1. The lowest BCUT2D eigenvalue weighted by atomic mass is 10.1. The van der Waals surface area contributed by atoms with Gasteiger partial charge in [0.05, 0.1) is 11.3 Å². The molecule has 2 aromatic carbocycles. The predicted molar refractivity (Wildman–Crippen MR) is 97.1 cm³/mol. The maximum atomic E-state index is 12.4. The van der Waals surface area contributed by atoms with E-state index in [2.05, 4.69) is 5.32 Å². The molecule has 0 aromatic heterocycles. The van der Waals surface area contributed by atoms with Gasteiger partial charge in [0.1, 0.15) is 13.2 Å². The first-order valence-corrected chi connectivity index (χ1v) is 9.61. The third-order valence-corrected chi connectivity index (χ3v) is 5.11. The Labute approximate surface area is 152 Å². The van der Waals surface area contributed by atoms with E-state index >= 15 is 0 Å². The predicted octanol–water partition coefficient (Wildman–Crippen LogP) is 1.90. The van der Waals surface area contributed by atoms with Crippen LogP contribution in [0.25, 0.3) is 0 Å². The van der Waals surface area contributed by atoms with Crippen molar-refractivity contribution in [3.05, 3.63) is 47.0 Å². The third-order valence-electron chi connectivity index (χ3n) is 4.21. The van der Waals surface area contributed by atoms with E-state index in [1.807, 2.05) is 6.92 Å². The number of carbonyl (C=O) groups is 1. The number of ether oxygens (including phenoxy) is 2. The van der Waals surface area contributed by atoms with E-state index in [0.717, 1.165) is 16.7 Å². The van der Waals surface area contributed by atoms with E-state index in [1.165, 1.54) is 12.1 Å². The number of rotatable bonds is 4. The molecule has 2 aromatic rings. The molecule has 3 N–H and O–H groups in total. The molecule has 0 unspecified atom stereocenters. The van der Waals surface area contributed by atoms with Crippen LogP contribution in [0.4, 0.5) is 5.69 Å². The van der Waals surface area contributed by atoms with Crippen molar-refractivity contribution in [1.29, 1.82) is 0 Å². The second kappa shape index (κ2) is 6.97. The van der Waals surface area contributed by atoms with Gasteiger partial charge in [-0.1, -0.05) is 6.07 Å². The lowest BCUT2D eigenvalue weighted by molar-refractivity contribution is -0.115. The summed E-state index contributed by atoms with van der Waals surface area (Å²) in [6.07, 6.45) is 0.120. The number of nitrogens with one attached hydrogen (secondary N) is 1. The van der Waals surface area contributed by atoms with Crippen LogP contribution < -0.4 is 19.9 Å². The molecule has 26 heavy (non-hydrogen) atoms. The molecule has 0 spiro atoms. The number of amides is 1. The van der Waals surface area contributed by atoms with E-state index in [-0.39, 0.29) is 17.2 Å². The number of benzene rings is 2. The summed E-state index contributed by atoms with van der Waals surface area (Å²) in [5.74, 6) is 1.01. The maximum Gasteiger partial charge on any atom is 0.238 e. The molecule has 1 aliphatic rings. The van der Waals surface area contributed by atoms with Crippen molar-refractivity contribution in [3.8, 4) is 11.5 Å².